The number of halogens is 6. The third-order valence-corrected chi connectivity index (χ3v) is 6.06. The number of benzene rings is 2. The van der Waals surface area contributed by atoms with E-state index in [4.69, 9.17) is 4.74 Å². The number of aromatic nitrogens is 1. The predicted molar refractivity (Wildman–Crippen MR) is 137 cm³/mol. The van der Waals surface area contributed by atoms with Crippen LogP contribution < -0.4 is 4.74 Å². The maximum absolute atomic E-state index is 13.5. The van der Waals surface area contributed by atoms with E-state index in [1.165, 1.54) is 25.3 Å². The number of pyridine rings is 1. The number of alkyl halides is 3. The summed E-state index contributed by atoms with van der Waals surface area (Å²) in [5.41, 5.74) is 0.835. The number of carbonyl (C=O) groups excluding carboxylic acids is 1. The minimum Gasteiger partial charge on any atom is -0.497 e. The first-order chi connectivity index (χ1) is 16.7. The summed E-state index contributed by atoms with van der Waals surface area (Å²) in [5.74, 6) is -0.893. The maximum Gasteiger partial charge on any atom is 0.416 e. The summed E-state index contributed by atoms with van der Waals surface area (Å²) in [6.07, 6.45) is -0.701. The van der Waals surface area contributed by atoms with Crippen molar-refractivity contribution in [3.05, 3.63) is 95.1 Å². The second kappa shape index (κ2) is 13.1. The van der Waals surface area contributed by atoms with Crippen molar-refractivity contribution < 1.29 is 27.1 Å². The fraction of sp³-hybridized carbons (Fsp3) is 0.308. The third-order valence-electron chi connectivity index (χ3n) is 6.06. The van der Waals surface area contributed by atoms with Crippen molar-refractivity contribution in [2.75, 3.05) is 26.7 Å². The lowest BCUT2D eigenvalue weighted by Crippen LogP contribution is -2.55. The minimum atomic E-state index is -4.61. The molecule has 0 radical (unpaired) electrons. The van der Waals surface area contributed by atoms with Crippen LogP contribution in [0.1, 0.15) is 27.0 Å². The van der Waals surface area contributed by atoms with Crippen molar-refractivity contribution >= 4 is 30.7 Å². The largest absolute Gasteiger partial charge is 0.497 e. The molecule has 3 aromatic rings. The summed E-state index contributed by atoms with van der Waals surface area (Å²) in [6, 6.07) is 12.6. The molecule has 0 aliphatic carbocycles. The van der Waals surface area contributed by atoms with Crippen LogP contribution >= 0.6 is 24.8 Å². The zero-order valence-corrected chi connectivity index (χ0v) is 21.6. The Labute approximate surface area is 225 Å². The highest BCUT2D eigenvalue weighted by Gasteiger charge is 2.35. The van der Waals surface area contributed by atoms with Crippen molar-refractivity contribution in [3.63, 3.8) is 0 Å². The van der Waals surface area contributed by atoms with Gasteiger partial charge in [-0.1, -0.05) is 18.2 Å². The van der Waals surface area contributed by atoms with Gasteiger partial charge in [0.2, 0.25) is 0 Å². The molecule has 0 spiro atoms. The fourth-order valence-electron chi connectivity index (χ4n) is 4.32. The van der Waals surface area contributed by atoms with Crippen LogP contribution in [0.4, 0.5) is 17.6 Å². The van der Waals surface area contributed by atoms with Gasteiger partial charge < -0.3 is 9.64 Å². The monoisotopic (exact) mass is 559 g/mol. The van der Waals surface area contributed by atoms with Crippen LogP contribution in [-0.4, -0.2) is 53.5 Å². The number of methoxy groups -OCH3 is 1. The van der Waals surface area contributed by atoms with E-state index in [2.05, 4.69) is 9.88 Å². The first-order valence-electron chi connectivity index (χ1n) is 11.2. The molecular weight excluding hydrogens is 533 g/mol. The summed E-state index contributed by atoms with van der Waals surface area (Å²) >= 11 is 0. The predicted octanol–water partition coefficient (Wildman–Crippen LogP) is 5.66. The Morgan fingerprint density at radius 2 is 1.78 bits per heavy atom. The van der Waals surface area contributed by atoms with E-state index in [1.54, 1.807) is 29.4 Å². The lowest BCUT2D eigenvalue weighted by Gasteiger charge is -2.42. The second-order valence-corrected chi connectivity index (χ2v) is 8.53. The van der Waals surface area contributed by atoms with Gasteiger partial charge >= 0.3 is 6.18 Å². The lowest BCUT2D eigenvalue weighted by molar-refractivity contribution is -0.137. The van der Waals surface area contributed by atoms with E-state index in [0.29, 0.717) is 32.6 Å². The summed E-state index contributed by atoms with van der Waals surface area (Å²) in [7, 11) is 1.26. The van der Waals surface area contributed by atoms with E-state index in [-0.39, 0.29) is 48.0 Å². The zero-order valence-electron chi connectivity index (χ0n) is 20.0. The van der Waals surface area contributed by atoms with E-state index >= 15 is 0 Å². The average molecular weight is 560 g/mol. The maximum atomic E-state index is 13.5. The summed E-state index contributed by atoms with van der Waals surface area (Å²) in [4.78, 5) is 21.4. The van der Waals surface area contributed by atoms with E-state index in [9.17, 15) is 22.4 Å². The quantitative estimate of drug-likeness (QED) is 0.365. The van der Waals surface area contributed by atoms with Crippen molar-refractivity contribution in [3.8, 4) is 5.75 Å². The first kappa shape index (κ1) is 30.3. The fourth-order valence-corrected chi connectivity index (χ4v) is 4.32. The van der Waals surface area contributed by atoms with Crippen LogP contribution in [0.5, 0.6) is 5.75 Å². The van der Waals surface area contributed by atoms with Gasteiger partial charge in [-0.05, 0) is 53.9 Å². The number of ether oxygens (including phenoxy) is 1. The minimum absolute atomic E-state index is 0. The molecule has 4 rings (SSSR count). The molecular formula is C26H27Cl2F4N3O2. The Morgan fingerprint density at radius 1 is 1.05 bits per heavy atom. The summed E-state index contributed by atoms with van der Waals surface area (Å²) in [6.45, 7) is 2.03. The lowest BCUT2D eigenvalue weighted by atomic mass is 9.99. The molecule has 2 heterocycles. The van der Waals surface area contributed by atoms with Crippen LogP contribution in [0.2, 0.25) is 0 Å². The molecule has 1 atom stereocenters. The first-order valence-corrected chi connectivity index (χ1v) is 11.2. The molecule has 0 bridgehead atoms. The molecule has 1 aliphatic rings. The zero-order chi connectivity index (χ0) is 25.0. The summed E-state index contributed by atoms with van der Waals surface area (Å²) < 4.78 is 58.7. The molecule has 2 aromatic carbocycles. The average Bonchev–Trinajstić information content (AvgIpc) is 2.85. The number of carbonyl (C=O) groups is 1. The molecule has 1 amide bonds. The smallest absolute Gasteiger partial charge is 0.416 e. The molecule has 37 heavy (non-hydrogen) atoms. The van der Waals surface area contributed by atoms with Crippen LogP contribution in [0.3, 0.4) is 0 Å². The van der Waals surface area contributed by atoms with Crippen molar-refractivity contribution in [2.45, 2.75) is 25.2 Å². The highest BCUT2D eigenvalue weighted by molar-refractivity contribution is 5.95. The van der Waals surface area contributed by atoms with E-state index in [1.807, 2.05) is 12.1 Å². The molecule has 1 saturated heterocycles. The SMILES string of the molecule is COc1cc(C(=O)N2CCN(Cc3cccnc3)C[C@H]2Cc2ccc(F)cc2)cc(C(F)(F)F)c1.Cl.Cl. The van der Waals surface area contributed by atoms with Crippen LogP contribution in [0.25, 0.3) is 0 Å². The van der Waals surface area contributed by atoms with Gasteiger partial charge in [0, 0.05) is 50.2 Å². The Morgan fingerprint density at radius 3 is 2.41 bits per heavy atom. The number of amides is 1. The number of rotatable bonds is 6. The van der Waals surface area contributed by atoms with Crippen molar-refractivity contribution in [1.82, 2.24) is 14.8 Å². The topological polar surface area (TPSA) is 45.7 Å². The molecule has 5 nitrogen and oxygen atoms in total. The second-order valence-electron chi connectivity index (χ2n) is 8.53. The van der Waals surface area contributed by atoms with Gasteiger partial charge in [-0.2, -0.15) is 13.2 Å². The van der Waals surface area contributed by atoms with Gasteiger partial charge in [0.15, 0.2) is 0 Å². The van der Waals surface area contributed by atoms with Crippen LogP contribution in [0, 0.1) is 5.82 Å². The normalized spacial score (nSPS) is 15.9. The summed E-state index contributed by atoms with van der Waals surface area (Å²) in [5, 5.41) is 0. The standard InChI is InChI=1S/C26H25F4N3O2.2ClH/c1-35-24-13-20(12-21(14-24)26(28,29)30)25(34)33-10-9-32(16-19-3-2-8-31-15-19)17-23(33)11-18-4-6-22(27)7-5-18;;/h2-8,12-15,23H,9-11,16-17H2,1H3;2*1H/t23-;;/m1../s1. The van der Waals surface area contributed by atoms with Gasteiger partial charge in [0.25, 0.3) is 5.91 Å². The van der Waals surface area contributed by atoms with Crippen LogP contribution in [-0.2, 0) is 19.1 Å². The molecule has 1 aliphatic heterocycles. The Kier molecular flexibility index (Phi) is 10.7. The molecule has 0 saturated carbocycles. The molecule has 1 fully saturated rings. The van der Waals surface area contributed by atoms with Gasteiger partial charge in [0.1, 0.15) is 11.6 Å². The Bertz CT molecular complexity index is 1160. The number of piperazine rings is 1. The molecule has 200 valence electrons. The van der Waals surface area contributed by atoms with Gasteiger partial charge in [-0.3, -0.25) is 14.7 Å². The van der Waals surface area contributed by atoms with Crippen LogP contribution in [0.15, 0.2) is 67.0 Å². The van der Waals surface area contributed by atoms with Gasteiger partial charge in [-0.25, -0.2) is 4.39 Å². The number of hydrogen-bond donors (Lipinski definition) is 0. The van der Waals surface area contributed by atoms with E-state index < -0.39 is 17.6 Å². The van der Waals surface area contributed by atoms with Gasteiger partial charge in [-0.15, -0.1) is 24.8 Å². The Hall–Kier alpha value is -2.88. The number of hydrogen-bond acceptors (Lipinski definition) is 4. The number of nitrogens with zero attached hydrogens (tertiary/aromatic N) is 3. The molecule has 0 unspecified atom stereocenters. The Balaban J connectivity index is 0.00000241. The molecule has 1 aromatic heterocycles. The van der Waals surface area contributed by atoms with Gasteiger partial charge in [0.05, 0.1) is 12.7 Å². The van der Waals surface area contributed by atoms with E-state index in [0.717, 1.165) is 23.3 Å². The van der Waals surface area contributed by atoms with Crippen molar-refractivity contribution in [2.24, 2.45) is 0 Å². The molecule has 11 heteroatoms. The third kappa shape index (κ3) is 7.80. The highest BCUT2D eigenvalue weighted by Crippen LogP contribution is 2.33. The van der Waals surface area contributed by atoms with Crippen molar-refractivity contribution in [1.29, 1.82) is 0 Å². The highest BCUT2D eigenvalue weighted by atomic mass is 35.5. The molecule has 0 N–H and O–H groups in total.